The molecule has 0 aliphatic carbocycles. The summed E-state index contributed by atoms with van der Waals surface area (Å²) in [7, 11) is 1.84. The van der Waals surface area contributed by atoms with Crippen molar-refractivity contribution in [3.8, 4) is 5.75 Å². The Bertz CT molecular complexity index is 1250. The molecule has 2 aliphatic rings. The maximum absolute atomic E-state index is 13.4. The molecule has 2 aliphatic heterocycles. The predicted molar refractivity (Wildman–Crippen MR) is 131 cm³/mol. The highest BCUT2D eigenvalue weighted by Gasteiger charge is 2.28. The van der Waals surface area contributed by atoms with Gasteiger partial charge < -0.3 is 25.4 Å². The monoisotopic (exact) mass is 477 g/mol. The van der Waals surface area contributed by atoms with Gasteiger partial charge in [0.05, 0.1) is 11.1 Å². The van der Waals surface area contributed by atoms with Crippen LogP contribution in [0.3, 0.4) is 0 Å². The fourth-order valence-electron chi connectivity index (χ4n) is 4.92. The van der Waals surface area contributed by atoms with Crippen molar-refractivity contribution in [3.63, 3.8) is 0 Å². The van der Waals surface area contributed by atoms with Gasteiger partial charge in [0.15, 0.2) is 0 Å². The van der Waals surface area contributed by atoms with Crippen LogP contribution in [-0.2, 0) is 24.2 Å². The minimum absolute atomic E-state index is 0.0767. The lowest BCUT2D eigenvalue weighted by Gasteiger charge is -2.21. The van der Waals surface area contributed by atoms with E-state index in [1.54, 1.807) is 23.1 Å². The summed E-state index contributed by atoms with van der Waals surface area (Å²) in [6.07, 6.45) is 2.85. The molecule has 4 N–H and O–H groups in total. The van der Waals surface area contributed by atoms with Crippen molar-refractivity contribution in [2.24, 2.45) is 5.92 Å². The molecule has 0 saturated carbocycles. The second kappa shape index (κ2) is 10.1. The van der Waals surface area contributed by atoms with Gasteiger partial charge in [-0.25, -0.2) is 0 Å². The number of nitrogens with one attached hydrogen (secondary N) is 3. The van der Waals surface area contributed by atoms with E-state index in [4.69, 9.17) is 4.74 Å². The maximum atomic E-state index is 13.4. The first-order valence-electron chi connectivity index (χ1n) is 12.1. The normalized spacial score (nSPS) is 16.0. The SMILES string of the molecule is CNCCNC(=O)c1ccc2c(c1)CN(C(=O)c1cc3c(CC4CCOCC4)[nH]nc3cc1O)C2. The zero-order valence-electron chi connectivity index (χ0n) is 19.9. The van der Waals surface area contributed by atoms with Crippen molar-refractivity contribution in [3.05, 3.63) is 58.3 Å². The second-order valence-electron chi connectivity index (χ2n) is 9.35. The lowest BCUT2D eigenvalue weighted by molar-refractivity contribution is 0.0663. The largest absolute Gasteiger partial charge is 0.507 e. The van der Waals surface area contributed by atoms with Gasteiger partial charge in [0.25, 0.3) is 11.8 Å². The number of aromatic amines is 1. The van der Waals surface area contributed by atoms with Crippen LogP contribution in [0.15, 0.2) is 30.3 Å². The third kappa shape index (κ3) is 4.87. The number of hydrogen-bond donors (Lipinski definition) is 4. The minimum Gasteiger partial charge on any atom is -0.507 e. The topological polar surface area (TPSA) is 120 Å². The van der Waals surface area contributed by atoms with Crippen molar-refractivity contribution in [1.82, 2.24) is 25.7 Å². The molecule has 3 heterocycles. The number of hydrogen-bond acceptors (Lipinski definition) is 6. The smallest absolute Gasteiger partial charge is 0.258 e. The molecule has 0 spiro atoms. The highest BCUT2D eigenvalue weighted by molar-refractivity contribution is 6.01. The van der Waals surface area contributed by atoms with E-state index in [2.05, 4.69) is 20.8 Å². The van der Waals surface area contributed by atoms with E-state index in [-0.39, 0.29) is 23.1 Å². The van der Waals surface area contributed by atoms with Gasteiger partial charge in [-0.3, -0.25) is 14.7 Å². The van der Waals surface area contributed by atoms with Crippen molar-refractivity contribution in [1.29, 1.82) is 0 Å². The van der Waals surface area contributed by atoms with Gasteiger partial charge in [0.2, 0.25) is 0 Å². The molecule has 35 heavy (non-hydrogen) atoms. The van der Waals surface area contributed by atoms with Crippen LogP contribution in [0.5, 0.6) is 5.75 Å². The highest BCUT2D eigenvalue weighted by atomic mass is 16.5. The van der Waals surface area contributed by atoms with E-state index in [1.165, 1.54) is 0 Å². The molecule has 5 rings (SSSR count). The van der Waals surface area contributed by atoms with Crippen LogP contribution in [0, 0.1) is 5.92 Å². The molecule has 0 unspecified atom stereocenters. The number of H-pyrrole nitrogens is 1. The van der Waals surface area contributed by atoms with Gasteiger partial charge in [-0.2, -0.15) is 5.10 Å². The quantitative estimate of drug-likeness (QED) is 0.388. The zero-order valence-corrected chi connectivity index (χ0v) is 19.9. The van der Waals surface area contributed by atoms with Crippen LogP contribution in [0.25, 0.3) is 10.9 Å². The summed E-state index contributed by atoms with van der Waals surface area (Å²) in [6.45, 7) is 3.62. The number of nitrogens with zero attached hydrogens (tertiary/aromatic N) is 2. The van der Waals surface area contributed by atoms with Gasteiger partial charge in [-0.05, 0) is 61.6 Å². The molecule has 1 saturated heterocycles. The summed E-state index contributed by atoms with van der Waals surface area (Å²) in [4.78, 5) is 27.5. The lowest BCUT2D eigenvalue weighted by Crippen LogP contribution is -2.30. The summed E-state index contributed by atoms with van der Waals surface area (Å²) in [6, 6.07) is 8.86. The molecular formula is C26H31N5O4. The van der Waals surface area contributed by atoms with Crippen LogP contribution in [0.2, 0.25) is 0 Å². The summed E-state index contributed by atoms with van der Waals surface area (Å²) in [5.74, 6) is 0.0667. The Balaban J connectivity index is 1.33. The molecule has 9 nitrogen and oxygen atoms in total. The minimum atomic E-state index is -0.237. The van der Waals surface area contributed by atoms with E-state index < -0.39 is 0 Å². The molecule has 3 aromatic rings. The third-order valence-electron chi connectivity index (χ3n) is 6.95. The number of likely N-dealkylation sites (N-methyl/N-ethyl adjacent to an activating group) is 1. The van der Waals surface area contributed by atoms with E-state index in [9.17, 15) is 14.7 Å². The number of rotatable bonds is 7. The van der Waals surface area contributed by atoms with Crippen LogP contribution < -0.4 is 10.6 Å². The van der Waals surface area contributed by atoms with Crippen LogP contribution in [0.1, 0.15) is 50.4 Å². The van der Waals surface area contributed by atoms with Crippen molar-refractivity contribution in [2.75, 3.05) is 33.4 Å². The number of aromatic nitrogens is 2. The van der Waals surface area contributed by atoms with E-state index in [0.717, 1.165) is 54.7 Å². The number of ether oxygens (including phenoxy) is 1. The van der Waals surface area contributed by atoms with Gasteiger partial charge >= 0.3 is 0 Å². The molecule has 0 bridgehead atoms. The Hall–Kier alpha value is -3.43. The third-order valence-corrected chi connectivity index (χ3v) is 6.95. The average molecular weight is 478 g/mol. The number of carbonyl (C=O) groups is 2. The molecule has 184 valence electrons. The van der Waals surface area contributed by atoms with Gasteiger partial charge in [0, 0.05) is 62.1 Å². The number of amides is 2. The Morgan fingerprint density at radius 2 is 1.94 bits per heavy atom. The number of aromatic hydroxyl groups is 1. The molecule has 2 aromatic carbocycles. The summed E-state index contributed by atoms with van der Waals surface area (Å²) in [5, 5.41) is 24.8. The first kappa shape index (κ1) is 23.3. The Labute approximate surface area is 203 Å². The Morgan fingerprint density at radius 1 is 1.14 bits per heavy atom. The van der Waals surface area contributed by atoms with Gasteiger partial charge in [0.1, 0.15) is 5.75 Å². The zero-order chi connectivity index (χ0) is 24.4. The fourth-order valence-corrected chi connectivity index (χ4v) is 4.92. The standard InChI is InChI=1S/C26H31N5O4/c1-27-6-7-28-25(33)17-2-3-18-14-31(15-19(18)11-17)26(34)21-12-20-22(10-16-4-8-35-9-5-16)29-30-23(20)13-24(21)32/h2-3,11-13,16,27,32H,4-10,14-15H2,1H3,(H,28,33)(H,29,30). The number of carbonyl (C=O) groups excluding carboxylic acids is 2. The summed E-state index contributed by atoms with van der Waals surface area (Å²) < 4.78 is 5.46. The van der Waals surface area contributed by atoms with Crippen molar-refractivity contribution >= 4 is 22.7 Å². The molecule has 0 radical (unpaired) electrons. The first-order chi connectivity index (χ1) is 17.0. The molecule has 9 heteroatoms. The Kier molecular flexibility index (Phi) is 6.70. The van der Waals surface area contributed by atoms with Crippen LogP contribution >= 0.6 is 0 Å². The molecule has 1 aromatic heterocycles. The fraction of sp³-hybridized carbons (Fsp3) is 0.423. The second-order valence-corrected chi connectivity index (χ2v) is 9.35. The predicted octanol–water partition coefficient (Wildman–Crippen LogP) is 2.34. The molecule has 1 fully saturated rings. The van der Waals surface area contributed by atoms with Crippen molar-refractivity contribution < 1.29 is 19.4 Å². The maximum Gasteiger partial charge on any atom is 0.258 e. The number of fused-ring (bicyclic) bond motifs is 2. The highest BCUT2D eigenvalue weighted by Crippen LogP contribution is 2.32. The van der Waals surface area contributed by atoms with Crippen LogP contribution in [-0.4, -0.2) is 65.4 Å². The molecular weight excluding hydrogens is 446 g/mol. The van der Waals surface area contributed by atoms with E-state index >= 15 is 0 Å². The van der Waals surface area contributed by atoms with E-state index in [1.807, 2.05) is 19.2 Å². The Morgan fingerprint density at radius 3 is 2.74 bits per heavy atom. The first-order valence-corrected chi connectivity index (χ1v) is 12.1. The number of benzene rings is 2. The summed E-state index contributed by atoms with van der Waals surface area (Å²) in [5.41, 5.74) is 4.44. The van der Waals surface area contributed by atoms with Crippen LogP contribution in [0.4, 0.5) is 0 Å². The van der Waals surface area contributed by atoms with Gasteiger partial charge in [-0.1, -0.05) is 6.07 Å². The molecule has 2 amide bonds. The molecule has 0 atom stereocenters. The van der Waals surface area contributed by atoms with Gasteiger partial charge in [-0.15, -0.1) is 0 Å². The van der Waals surface area contributed by atoms with E-state index in [0.29, 0.717) is 43.2 Å². The number of phenolic OH excluding ortho intramolecular Hbond substituents is 1. The summed E-state index contributed by atoms with van der Waals surface area (Å²) >= 11 is 0. The van der Waals surface area contributed by atoms with Crippen molar-refractivity contribution in [2.45, 2.75) is 32.4 Å². The lowest BCUT2D eigenvalue weighted by atomic mass is 9.93. The number of phenols is 1. The average Bonchev–Trinajstić information content (AvgIpc) is 3.47.